The van der Waals surface area contributed by atoms with Crippen molar-refractivity contribution in [1.82, 2.24) is 5.32 Å². The van der Waals surface area contributed by atoms with Crippen LogP contribution in [0.15, 0.2) is 18.2 Å². The summed E-state index contributed by atoms with van der Waals surface area (Å²) < 4.78 is 44.8. The van der Waals surface area contributed by atoms with E-state index in [1.807, 2.05) is 0 Å². The van der Waals surface area contributed by atoms with Gasteiger partial charge in [-0.05, 0) is 37.8 Å². The number of nitro benzene ring substituents is 1. The fraction of sp³-hybridized carbons (Fsp3) is 0.529. The number of benzene rings is 1. The molecule has 0 heterocycles. The first-order valence-electron chi connectivity index (χ1n) is 8.89. The van der Waals surface area contributed by atoms with Crippen LogP contribution in [0.25, 0.3) is 0 Å². The van der Waals surface area contributed by atoms with Gasteiger partial charge in [0, 0.05) is 24.3 Å². The summed E-state index contributed by atoms with van der Waals surface area (Å²) in [4.78, 5) is 31.3. The Morgan fingerprint density at radius 3 is 2.45 bits per heavy atom. The van der Waals surface area contributed by atoms with Gasteiger partial charge in [-0.25, -0.2) is 0 Å². The molecule has 0 aliphatic heterocycles. The quantitative estimate of drug-likeness (QED) is 0.268. The Hall–Kier alpha value is -2.89. The molecule has 2 amide bonds. The maximum absolute atomic E-state index is 13.1. The van der Waals surface area contributed by atoms with Crippen molar-refractivity contribution in [2.75, 3.05) is 18.5 Å². The van der Waals surface area contributed by atoms with Crippen molar-refractivity contribution in [3.63, 3.8) is 0 Å². The van der Waals surface area contributed by atoms with Crippen LogP contribution in [0.4, 0.5) is 24.5 Å². The number of rotatable bonds is 7. The predicted molar refractivity (Wildman–Crippen MR) is 95.9 cm³/mol. The third-order valence-corrected chi connectivity index (χ3v) is 4.51. The Bertz CT molecular complexity index is 764. The Morgan fingerprint density at radius 1 is 1.24 bits per heavy atom. The molecule has 0 aromatic heterocycles. The van der Waals surface area contributed by atoms with Crippen LogP contribution in [0.3, 0.4) is 0 Å². The SMILES string of the molecule is NC(=O)C(=O)NCCOC1CCC(Nc2ccc([N+](=O)[O-])c(C(F)(F)F)c2)CC1. The summed E-state index contributed by atoms with van der Waals surface area (Å²) in [5, 5.41) is 16.1. The van der Waals surface area contributed by atoms with Crippen molar-refractivity contribution in [3.8, 4) is 0 Å². The molecule has 29 heavy (non-hydrogen) atoms. The van der Waals surface area contributed by atoms with Crippen molar-refractivity contribution in [3.05, 3.63) is 33.9 Å². The molecular formula is C17H21F3N4O5. The zero-order valence-corrected chi connectivity index (χ0v) is 15.3. The molecule has 2 rings (SSSR count). The Balaban J connectivity index is 1.83. The van der Waals surface area contributed by atoms with Crippen molar-refractivity contribution in [2.45, 2.75) is 44.0 Å². The molecule has 0 spiro atoms. The molecule has 9 nitrogen and oxygen atoms in total. The minimum atomic E-state index is -4.82. The van der Waals surface area contributed by atoms with Gasteiger partial charge in [0.05, 0.1) is 17.6 Å². The van der Waals surface area contributed by atoms with E-state index in [-0.39, 0.29) is 31.0 Å². The van der Waals surface area contributed by atoms with Crippen LogP contribution in [-0.4, -0.2) is 42.0 Å². The zero-order valence-electron chi connectivity index (χ0n) is 15.3. The van der Waals surface area contributed by atoms with Crippen molar-refractivity contribution >= 4 is 23.2 Å². The normalized spacial score (nSPS) is 19.4. The summed E-state index contributed by atoms with van der Waals surface area (Å²) in [6.07, 6.45) is -2.31. The number of nitrogens with two attached hydrogens (primary N) is 1. The minimum absolute atomic E-state index is 0.0684. The van der Waals surface area contributed by atoms with Crippen molar-refractivity contribution in [2.24, 2.45) is 5.73 Å². The molecule has 12 heteroatoms. The van der Waals surface area contributed by atoms with Crippen LogP contribution in [0.1, 0.15) is 31.2 Å². The first-order chi connectivity index (χ1) is 13.6. The molecule has 0 unspecified atom stereocenters. The maximum Gasteiger partial charge on any atom is 0.423 e. The van der Waals surface area contributed by atoms with E-state index in [9.17, 15) is 32.9 Å². The van der Waals surface area contributed by atoms with E-state index in [1.54, 1.807) is 0 Å². The predicted octanol–water partition coefficient (Wildman–Crippen LogP) is 1.95. The molecule has 1 aliphatic rings. The number of hydrogen-bond donors (Lipinski definition) is 3. The molecule has 1 saturated carbocycles. The molecule has 4 N–H and O–H groups in total. The minimum Gasteiger partial charge on any atom is -0.382 e. The average Bonchev–Trinajstić information content (AvgIpc) is 2.65. The molecule has 1 aliphatic carbocycles. The lowest BCUT2D eigenvalue weighted by atomic mass is 9.92. The fourth-order valence-electron chi connectivity index (χ4n) is 3.10. The molecule has 0 radical (unpaired) electrons. The smallest absolute Gasteiger partial charge is 0.382 e. The molecule has 1 fully saturated rings. The van der Waals surface area contributed by atoms with Gasteiger partial charge in [0.1, 0.15) is 5.56 Å². The first kappa shape index (κ1) is 22.4. The van der Waals surface area contributed by atoms with Crippen LogP contribution in [-0.2, 0) is 20.5 Å². The lowest BCUT2D eigenvalue weighted by Crippen LogP contribution is -2.38. The number of halogens is 3. The highest BCUT2D eigenvalue weighted by molar-refractivity contribution is 6.34. The van der Waals surface area contributed by atoms with Gasteiger partial charge in [-0.1, -0.05) is 0 Å². The van der Waals surface area contributed by atoms with Crippen LogP contribution in [0.5, 0.6) is 0 Å². The van der Waals surface area contributed by atoms with Gasteiger partial charge in [0.15, 0.2) is 0 Å². The van der Waals surface area contributed by atoms with E-state index in [2.05, 4.69) is 10.6 Å². The third kappa shape index (κ3) is 6.59. The highest BCUT2D eigenvalue weighted by atomic mass is 19.4. The lowest BCUT2D eigenvalue weighted by Gasteiger charge is -2.30. The number of nitro groups is 1. The van der Waals surface area contributed by atoms with Gasteiger partial charge in [-0.2, -0.15) is 13.2 Å². The van der Waals surface area contributed by atoms with E-state index >= 15 is 0 Å². The molecule has 1 aromatic rings. The molecule has 0 atom stereocenters. The number of carbonyl (C=O) groups is 2. The number of ether oxygens (including phenoxy) is 1. The monoisotopic (exact) mass is 418 g/mol. The van der Waals surface area contributed by atoms with E-state index in [0.29, 0.717) is 25.7 Å². The van der Waals surface area contributed by atoms with E-state index < -0.39 is 34.2 Å². The summed E-state index contributed by atoms with van der Waals surface area (Å²) in [5.74, 6) is -1.96. The summed E-state index contributed by atoms with van der Waals surface area (Å²) in [6, 6.07) is 2.77. The summed E-state index contributed by atoms with van der Waals surface area (Å²) in [7, 11) is 0. The van der Waals surface area contributed by atoms with Crippen molar-refractivity contribution < 1.29 is 32.4 Å². The third-order valence-electron chi connectivity index (χ3n) is 4.51. The van der Waals surface area contributed by atoms with Gasteiger partial charge < -0.3 is 21.1 Å². The molecule has 1 aromatic carbocycles. The lowest BCUT2D eigenvalue weighted by molar-refractivity contribution is -0.388. The number of hydrogen-bond acceptors (Lipinski definition) is 6. The van der Waals surface area contributed by atoms with Crippen LogP contribution < -0.4 is 16.4 Å². The van der Waals surface area contributed by atoms with Crippen LogP contribution in [0, 0.1) is 10.1 Å². The highest BCUT2D eigenvalue weighted by Gasteiger charge is 2.38. The summed E-state index contributed by atoms with van der Waals surface area (Å²) in [6.45, 7) is 0.349. The zero-order chi connectivity index (χ0) is 21.6. The number of anilines is 1. The molecule has 0 bridgehead atoms. The Labute approximate surface area is 163 Å². The Kier molecular flexibility index (Phi) is 7.37. The van der Waals surface area contributed by atoms with Crippen LogP contribution >= 0.6 is 0 Å². The number of nitrogens with zero attached hydrogens (tertiary/aromatic N) is 1. The molecule has 0 saturated heterocycles. The maximum atomic E-state index is 13.1. The van der Waals surface area contributed by atoms with Gasteiger partial charge in [-0.3, -0.25) is 19.7 Å². The number of amides is 2. The van der Waals surface area contributed by atoms with Gasteiger partial charge in [0.25, 0.3) is 5.69 Å². The molecular weight excluding hydrogens is 397 g/mol. The second kappa shape index (κ2) is 9.54. The van der Waals surface area contributed by atoms with Gasteiger partial charge >= 0.3 is 18.0 Å². The highest BCUT2D eigenvalue weighted by Crippen LogP contribution is 2.38. The second-order valence-corrected chi connectivity index (χ2v) is 6.60. The van der Waals surface area contributed by atoms with Gasteiger partial charge in [-0.15, -0.1) is 0 Å². The average molecular weight is 418 g/mol. The number of carbonyl (C=O) groups excluding carboxylic acids is 2. The topological polar surface area (TPSA) is 137 Å². The number of nitrogens with one attached hydrogen (secondary N) is 2. The summed E-state index contributed by atoms with van der Waals surface area (Å²) >= 11 is 0. The second-order valence-electron chi connectivity index (χ2n) is 6.60. The summed E-state index contributed by atoms with van der Waals surface area (Å²) in [5.41, 5.74) is 2.70. The number of alkyl halides is 3. The van der Waals surface area contributed by atoms with Crippen molar-refractivity contribution in [1.29, 1.82) is 0 Å². The number of primary amides is 1. The first-order valence-corrected chi connectivity index (χ1v) is 8.89. The van der Waals surface area contributed by atoms with E-state index in [4.69, 9.17) is 10.5 Å². The fourth-order valence-corrected chi connectivity index (χ4v) is 3.10. The van der Waals surface area contributed by atoms with Crippen LogP contribution in [0.2, 0.25) is 0 Å². The largest absolute Gasteiger partial charge is 0.423 e. The molecule has 160 valence electrons. The standard InChI is InChI=1S/C17H21F3N4O5/c18-17(19,20)13-9-11(3-6-14(13)24(27)28)23-10-1-4-12(5-2-10)29-8-7-22-16(26)15(21)25/h3,6,9-10,12,23H,1-2,4-5,7-8H2,(H2,21,25)(H,22,26). The van der Waals surface area contributed by atoms with E-state index in [1.165, 1.54) is 6.07 Å². The van der Waals surface area contributed by atoms with E-state index in [0.717, 1.165) is 12.1 Å². The van der Waals surface area contributed by atoms with Gasteiger partial charge in [0.2, 0.25) is 0 Å². The Morgan fingerprint density at radius 2 is 1.90 bits per heavy atom.